The molecule has 0 saturated carbocycles. The second-order valence-electron chi connectivity index (χ2n) is 5.74. The smallest absolute Gasteiger partial charge is 0.413 e. The topological polar surface area (TPSA) is 99.5 Å². The van der Waals surface area contributed by atoms with Crippen molar-refractivity contribution < 1.29 is 23.9 Å². The van der Waals surface area contributed by atoms with Crippen molar-refractivity contribution in [3.8, 4) is 0 Å². The van der Waals surface area contributed by atoms with Crippen molar-refractivity contribution in [3.05, 3.63) is 51.8 Å². The summed E-state index contributed by atoms with van der Waals surface area (Å²) in [5.41, 5.74) is 2.56. The zero-order chi connectivity index (χ0) is 20.0. The van der Waals surface area contributed by atoms with Crippen molar-refractivity contribution in [1.29, 1.82) is 0 Å². The van der Waals surface area contributed by atoms with Crippen molar-refractivity contribution >= 4 is 29.6 Å². The number of carbonyl (C=O) groups is 3. The van der Waals surface area contributed by atoms with Gasteiger partial charge in [0.05, 0.1) is 18.8 Å². The first kappa shape index (κ1) is 20.4. The van der Waals surface area contributed by atoms with E-state index >= 15 is 0 Å². The fourth-order valence-corrected chi connectivity index (χ4v) is 2.59. The third-order valence-electron chi connectivity index (χ3n) is 3.57. The molecular weight excluding hydrogens is 374 g/mol. The molecular formula is C18H20ClN3O5. The molecule has 2 amide bonds. The van der Waals surface area contributed by atoms with Gasteiger partial charge >= 0.3 is 12.1 Å². The average molecular weight is 394 g/mol. The summed E-state index contributed by atoms with van der Waals surface area (Å²) in [6.07, 6.45) is -0.904. The van der Waals surface area contributed by atoms with Crippen LogP contribution in [0.3, 0.4) is 0 Å². The van der Waals surface area contributed by atoms with E-state index in [2.05, 4.69) is 9.84 Å². The minimum absolute atomic E-state index is 0.0766. The lowest BCUT2D eigenvalue weighted by Gasteiger charge is -2.06. The zero-order valence-electron chi connectivity index (χ0n) is 15.2. The molecule has 1 heterocycles. The van der Waals surface area contributed by atoms with Crippen LogP contribution < -0.4 is 5.32 Å². The first-order chi connectivity index (χ1) is 12.8. The number of amides is 2. The van der Waals surface area contributed by atoms with Gasteiger partial charge < -0.3 is 9.47 Å². The number of ether oxygens (including phenoxy) is 2. The molecule has 1 N–H and O–H groups in total. The van der Waals surface area contributed by atoms with Crippen LogP contribution in [0.15, 0.2) is 24.3 Å². The fraction of sp³-hybridized carbons (Fsp3) is 0.333. The van der Waals surface area contributed by atoms with Gasteiger partial charge in [-0.15, -0.1) is 0 Å². The lowest BCUT2D eigenvalue weighted by atomic mass is 10.1. The van der Waals surface area contributed by atoms with Crippen LogP contribution in [0.2, 0.25) is 5.15 Å². The Kier molecular flexibility index (Phi) is 6.95. The summed E-state index contributed by atoms with van der Waals surface area (Å²) in [6, 6.07) is 7.83. The first-order valence-corrected chi connectivity index (χ1v) is 8.61. The van der Waals surface area contributed by atoms with Crippen LogP contribution in [-0.4, -0.2) is 41.0 Å². The predicted octanol–water partition coefficient (Wildman–Crippen LogP) is 2.63. The Hall–Kier alpha value is -2.87. The maximum atomic E-state index is 12.3. The number of rotatable bonds is 6. The molecule has 0 radical (unpaired) electrons. The first-order valence-electron chi connectivity index (χ1n) is 8.24. The van der Waals surface area contributed by atoms with Gasteiger partial charge in [-0.1, -0.05) is 41.4 Å². The second kappa shape index (κ2) is 9.18. The number of hydrogen-bond donors (Lipinski definition) is 1. The van der Waals surface area contributed by atoms with E-state index in [1.807, 2.05) is 36.5 Å². The maximum absolute atomic E-state index is 12.3. The number of alkyl carbamates (subject to hydrolysis) is 1. The highest BCUT2D eigenvalue weighted by Crippen LogP contribution is 2.22. The van der Waals surface area contributed by atoms with Gasteiger partial charge in [-0.05, 0) is 26.3 Å². The number of nitrogens with one attached hydrogen (secondary N) is 1. The van der Waals surface area contributed by atoms with Crippen LogP contribution in [0, 0.1) is 13.8 Å². The average Bonchev–Trinajstić information content (AvgIpc) is 2.88. The molecule has 0 unspecified atom stereocenters. The summed E-state index contributed by atoms with van der Waals surface area (Å²) in [4.78, 5) is 35.0. The molecule has 9 heteroatoms. The Morgan fingerprint density at radius 2 is 1.81 bits per heavy atom. The minimum Gasteiger partial charge on any atom is -0.452 e. The molecule has 27 heavy (non-hydrogen) atoms. The minimum atomic E-state index is -0.904. The van der Waals surface area contributed by atoms with Gasteiger partial charge in [0.1, 0.15) is 10.7 Å². The van der Waals surface area contributed by atoms with Crippen LogP contribution in [0.25, 0.3) is 0 Å². The number of benzene rings is 1. The number of aryl methyl sites for hydroxylation is 2. The number of aromatic nitrogens is 2. The highest BCUT2D eigenvalue weighted by atomic mass is 35.5. The van der Waals surface area contributed by atoms with Gasteiger partial charge in [-0.25, -0.2) is 14.3 Å². The molecule has 2 rings (SSSR count). The highest BCUT2D eigenvalue weighted by Gasteiger charge is 2.23. The van der Waals surface area contributed by atoms with Gasteiger partial charge in [-0.2, -0.15) is 5.10 Å². The van der Waals surface area contributed by atoms with E-state index in [1.165, 1.54) is 4.68 Å². The molecule has 8 nitrogen and oxygen atoms in total. The van der Waals surface area contributed by atoms with Crippen LogP contribution >= 0.6 is 11.6 Å². The van der Waals surface area contributed by atoms with Crippen LogP contribution in [0.5, 0.6) is 0 Å². The van der Waals surface area contributed by atoms with E-state index in [4.69, 9.17) is 16.3 Å². The lowest BCUT2D eigenvalue weighted by molar-refractivity contribution is -0.123. The van der Waals surface area contributed by atoms with E-state index in [0.29, 0.717) is 12.2 Å². The molecule has 0 bridgehead atoms. The molecule has 2 aromatic rings. The molecule has 144 valence electrons. The molecule has 0 spiro atoms. The Balaban J connectivity index is 2.02. The SMILES string of the molecule is CCOC(=O)NC(=O)COC(=O)c1c(C)nn(Cc2ccc(C)cc2)c1Cl. The van der Waals surface area contributed by atoms with E-state index in [-0.39, 0.29) is 17.3 Å². The van der Waals surface area contributed by atoms with E-state index in [0.717, 1.165) is 11.1 Å². The summed E-state index contributed by atoms with van der Waals surface area (Å²) >= 11 is 6.27. The van der Waals surface area contributed by atoms with E-state index in [9.17, 15) is 14.4 Å². The fourth-order valence-electron chi connectivity index (χ4n) is 2.28. The molecule has 0 atom stereocenters. The van der Waals surface area contributed by atoms with Crippen molar-refractivity contribution in [2.24, 2.45) is 0 Å². The summed E-state index contributed by atoms with van der Waals surface area (Å²) in [5, 5.41) is 6.30. The highest BCUT2D eigenvalue weighted by molar-refractivity contribution is 6.32. The van der Waals surface area contributed by atoms with Gasteiger partial charge in [0.2, 0.25) is 0 Å². The van der Waals surface area contributed by atoms with Crippen molar-refractivity contribution in [2.75, 3.05) is 13.2 Å². The molecule has 1 aromatic carbocycles. The van der Waals surface area contributed by atoms with Crippen LogP contribution in [0.4, 0.5) is 4.79 Å². The summed E-state index contributed by atoms with van der Waals surface area (Å²) < 4.78 is 11.0. The van der Waals surface area contributed by atoms with E-state index in [1.54, 1.807) is 13.8 Å². The number of imide groups is 1. The normalized spacial score (nSPS) is 10.4. The Labute approximate surface area is 161 Å². The lowest BCUT2D eigenvalue weighted by Crippen LogP contribution is -2.34. The van der Waals surface area contributed by atoms with Crippen molar-refractivity contribution in [3.63, 3.8) is 0 Å². The number of esters is 1. The number of halogens is 1. The molecule has 0 aliphatic heterocycles. The largest absolute Gasteiger partial charge is 0.452 e. The van der Waals surface area contributed by atoms with Gasteiger partial charge in [0, 0.05) is 0 Å². The molecule has 0 aliphatic carbocycles. The molecule has 1 aromatic heterocycles. The summed E-state index contributed by atoms with van der Waals surface area (Å²) in [5.74, 6) is -1.60. The standard InChI is InChI=1S/C18H20ClN3O5/c1-4-26-18(25)20-14(23)10-27-17(24)15-12(3)21-22(16(15)19)9-13-7-5-11(2)6-8-13/h5-8H,4,9-10H2,1-3H3,(H,20,23,25). The van der Waals surface area contributed by atoms with Crippen LogP contribution in [-0.2, 0) is 20.8 Å². The summed E-state index contributed by atoms with van der Waals surface area (Å²) in [6.45, 7) is 5.07. The monoisotopic (exact) mass is 393 g/mol. The van der Waals surface area contributed by atoms with Gasteiger partial charge in [0.15, 0.2) is 6.61 Å². The predicted molar refractivity (Wildman–Crippen MR) is 97.7 cm³/mol. The third kappa shape index (κ3) is 5.55. The van der Waals surface area contributed by atoms with Crippen molar-refractivity contribution in [1.82, 2.24) is 15.1 Å². The molecule has 0 saturated heterocycles. The number of hydrogen-bond acceptors (Lipinski definition) is 6. The molecule has 0 fully saturated rings. The van der Waals surface area contributed by atoms with Crippen LogP contribution in [0.1, 0.15) is 34.1 Å². The number of carbonyl (C=O) groups excluding carboxylic acids is 3. The second-order valence-corrected chi connectivity index (χ2v) is 6.10. The number of nitrogens with zero attached hydrogens (tertiary/aromatic N) is 2. The zero-order valence-corrected chi connectivity index (χ0v) is 16.0. The maximum Gasteiger partial charge on any atom is 0.413 e. The third-order valence-corrected chi connectivity index (χ3v) is 3.96. The Bertz CT molecular complexity index is 845. The van der Waals surface area contributed by atoms with Gasteiger partial charge in [0.25, 0.3) is 5.91 Å². The molecule has 0 aliphatic rings. The van der Waals surface area contributed by atoms with Crippen molar-refractivity contribution in [2.45, 2.75) is 27.3 Å². The van der Waals surface area contributed by atoms with Gasteiger partial charge in [-0.3, -0.25) is 10.1 Å². The summed E-state index contributed by atoms with van der Waals surface area (Å²) in [7, 11) is 0. The Morgan fingerprint density at radius 3 is 2.44 bits per heavy atom. The van der Waals surface area contributed by atoms with E-state index < -0.39 is 24.6 Å². The quantitative estimate of drug-likeness (QED) is 0.757. The Morgan fingerprint density at radius 1 is 1.15 bits per heavy atom.